The summed E-state index contributed by atoms with van der Waals surface area (Å²) in [6.07, 6.45) is 1.46. The summed E-state index contributed by atoms with van der Waals surface area (Å²) in [7, 11) is 0. The van der Waals surface area contributed by atoms with Crippen LogP contribution < -0.4 is 14.8 Å². The Bertz CT molecular complexity index is 626. The van der Waals surface area contributed by atoms with Crippen molar-refractivity contribution < 1.29 is 23.8 Å². The molecule has 1 saturated heterocycles. The molecule has 0 atom stereocenters. The van der Waals surface area contributed by atoms with Gasteiger partial charge in [0.2, 0.25) is 5.91 Å². The van der Waals surface area contributed by atoms with Crippen LogP contribution in [0.4, 0.5) is 5.69 Å². The highest BCUT2D eigenvalue weighted by Gasteiger charge is 2.26. The summed E-state index contributed by atoms with van der Waals surface area (Å²) in [6.45, 7) is 5.03. The number of nitrogens with one attached hydrogen (secondary N) is 1. The summed E-state index contributed by atoms with van der Waals surface area (Å²) >= 11 is 0. The highest BCUT2D eigenvalue weighted by atomic mass is 16.6. The number of likely N-dealkylation sites (tertiary alicyclic amines) is 1. The van der Waals surface area contributed by atoms with Gasteiger partial charge in [-0.05, 0) is 45.0 Å². The average Bonchev–Trinajstić information content (AvgIpc) is 2.62. The van der Waals surface area contributed by atoms with E-state index in [-0.39, 0.29) is 17.8 Å². The molecule has 0 spiro atoms. The molecule has 2 aliphatic heterocycles. The van der Waals surface area contributed by atoms with Gasteiger partial charge >= 0.3 is 5.97 Å². The number of anilines is 1. The van der Waals surface area contributed by atoms with Crippen LogP contribution in [-0.2, 0) is 14.3 Å². The monoisotopic (exact) mass is 348 g/mol. The molecule has 0 aliphatic carbocycles. The maximum atomic E-state index is 12.3. The Kier molecular flexibility index (Phi) is 5.75. The van der Waals surface area contributed by atoms with Crippen LogP contribution in [0.5, 0.6) is 11.5 Å². The van der Waals surface area contributed by atoms with Crippen molar-refractivity contribution in [2.45, 2.75) is 19.8 Å². The van der Waals surface area contributed by atoms with Crippen LogP contribution in [0, 0.1) is 5.92 Å². The van der Waals surface area contributed by atoms with Crippen molar-refractivity contribution in [2.24, 2.45) is 5.92 Å². The van der Waals surface area contributed by atoms with Gasteiger partial charge in [0.05, 0.1) is 19.1 Å². The van der Waals surface area contributed by atoms with E-state index in [2.05, 4.69) is 10.2 Å². The smallest absolute Gasteiger partial charge is 0.309 e. The molecule has 1 aromatic rings. The summed E-state index contributed by atoms with van der Waals surface area (Å²) < 4.78 is 16.1. The lowest BCUT2D eigenvalue weighted by Gasteiger charge is -2.30. The van der Waals surface area contributed by atoms with Crippen molar-refractivity contribution in [1.29, 1.82) is 0 Å². The Morgan fingerprint density at radius 3 is 2.64 bits per heavy atom. The van der Waals surface area contributed by atoms with Gasteiger partial charge in [0, 0.05) is 11.8 Å². The van der Waals surface area contributed by atoms with E-state index in [0.717, 1.165) is 25.9 Å². The van der Waals surface area contributed by atoms with Crippen molar-refractivity contribution in [2.75, 3.05) is 44.8 Å². The number of carbonyl (C=O) groups excluding carboxylic acids is 2. The van der Waals surface area contributed by atoms with Crippen molar-refractivity contribution in [3.8, 4) is 11.5 Å². The molecule has 1 aromatic carbocycles. The van der Waals surface area contributed by atoms with Gasteiger partial charge in [0.25, 0.3) is 0 Å². The molecule has 1 N–H and O–H groups in total. The third-order valence-corrected chi connectivity index (χ3v) is 4.40. The first-order valence-corrected chi connectivity index (χ1v) is 8.74. The zero-order chi connectivity index (χ0) is 17.6. The van der Waals surface area contributed by atoms with Gasteiger partial charge in [-0.1, -0.05) is 0 Å². The first-order valence-electron chi connectivity index (χ1n) is 8.74. The number of nitrogens with zero attached hydrogens (tertiary/aromatic N) is 1. The molecule has 2 heterocycles. The molecule has 25 heavy (non-hydrogen) atoms. The van der Waals surface area contributed by atoms with Gasteiger partial charge in [0.1, 0.15) is 13.2 Å². The summed E-state index contributed by atoms with van der Waals surface area (Å²) in [4.78, 5) is 26.1. The number of hydrogen-bond acceptors (Lipinski definition) is 6. The summed E-state index contributed by atoms with van der Waals surface area (Å²) in [5.74, 6) is 1.11. The van der Waals surface area contributed by atoms with Crippen LogP contribution in [0.15, 0.2) is 18.2 Å². The first kappa shape index (κ1) is 17.5. The maximum Gasteiger partial charge on any atom is 0.309 e. The van der Waals surface area contributed by atoms with Crippen LogP contribution >= 0.6 is 0 Å². The highest BCUT2D eigenvalue weighted by molar-refractivity contribution is 5.92. The zero-order valence-electron chi connectivity index (χ0n) is 14.5. The minimum absolute atomic E-state index is 0.0444. The SMILES string of the molecule is CCOC(=O)C1CCN(CC(=O)Nc2ccc3c(c2)OCCO3)CC1. The minimum atomic E-state index is -0.122. The average molecular weight is 348 g/mol. The third kappa shape index (κ3) is 4.63. The molecule has 2 aliphatic rings. The fraction of sp³-hybridized carbons (Fsp3) is 0.556. The molecule has 0 saturated carbocycles. The van der Waals surface area contributed by atoms with Gasteiger partial charge in [-0.15, -0.1) is 0 Å². The van der Waals surface area contributed by atoms with E-state index in [9.17, 15) is 9.59 Å². The van der Waals surface area contributed by atoms with E-state index < -0.39 is 0 Å². The molecule has 1 amide bonds. The van der Waals surface area contributed by atoms with Crippen molar-refractivity contribution in [3.63, 3.8) is 0 Å². The standard InChI is InChI=1S/C18H24N2O5/c1-2-23-18(22)13-5-7-20(8-6-13)12-17(21)19-14-3-4-15-16(11-14)25-10-9-24-15/h3-4,11,13H,2,5-10,12H2,1H3,(H,19,21). The lowest BCUT2D eigenvalue weighted by molar-refractivity contribution is -0.149. The fourth-order valence-electron chi connectivity index (χ4n) is 3.11. The van der Waals surface area contributed by atoms with Crippen molar-refractivity contribution >= 4 is 17.6 Å². The van der Waals surface area contributed by atoms with E-state index >= 15 is 0 Å². The number of amides is 1. The Balaban J connectivity index is 1.46. The van der Waals surface area contributed by atoms with E-state index in [4.69, 9.17) is 14.2 Å². The fourth-order valence-corrected chi connectivity index (χ4v) is 3.11. The molecule has 0 unspecified atom stereocenters. The van der Waals surface area contributed by atoms with Crippen LogP contribution in [0.3, 0.4) is 0 Å². The number of carbonyl (C=O) groups is 2. The number of ether oxygens (including phenoxy) is 3. The number of piperidine rings is 1. The molecule has 3 rings (SSSR count). The van der Waals surface area contributed by atoms with Gasteiger partial charge in [-0.25, -0.2) is 0 Å². The second-order valence-electron chi connectivity index (χ2n) is 6.21. The summed E-state index contributed by atoms with van der Waals surface area (Å²) in [6, 6.07) is 5.38. The number of fused-ring (bicyclic) bond motifs is 1. The van der Waals surface area contributed by atoms with Gasteiger partial charge in [-0.2, -0.15) is 0 Å². The Morgan fingerprint density at radius 1 is 1.20 bits per heavy atom. The molecule has 0 radical (unpaired) electrons. The lowest BCUT2D eigenvalue weighted by Crippen LogP contribution is -2.41. The van der Waals surface area contributed by atoms with E-state index in [1.165, 1.54) is 0 Å². The molecule has 1 fully saturated rings. The zero-order valence-corrected chi connectivity index (χ0v) is 14.5. The van der Waals surface area contributed by atoms with E-state index in [1.807, 2.05) is 6.92 Å². The Morgan fingerprint density at radius 2 is 1.92 bits per heavy atom. The molecule has 0 bridgehead atoms. The summed E-state index contributed by atoms with van der Waals surface area (Å²) in [5, 5.41) is 2.89. The number of rotatable bonds is 5. The summed E-state index contributed by atoms with van der Waals surface area (Å²) in [5.41, 5.74) is 0.690. The number of esters is 1. The molecular formula is C18H24N2O5. The molecule has 7 heteroatoms. The van der Waals surface area contributed by atoms with Gasteiger partial charge < -0.3 is 19.5 Å². The topological polar surface area (TPSA) is 77.1 Å². The second kappa shape index (κ2) is 8.20. The lowest BCUT2D eigenvalue weighted by atomic mass is 9.97. The molecular weight excluding hydrogens is 324 g/mol. The largest absolute Gasteiger partial charge is 0.486 e. The third-order valence-electron chi connectivity index (χ3n) is 4.40. The molecule has 7 nitrogen and oxygen atoms in total. The van der Waals surface area contributed by atoms with Crippen LogP contribution in [-0.4, -0.2) is 56.2 Å². The quantitative estimate of drug-likeness (QED) is 0.816. The second-order valence-corrected chi connectivity index (χ2v) is 6.21. The van der Waals surface area contributed by atoms with Crippen LogP contribution in [0.25, 0.3) is 0 Å². The van der Waals surface area contributed by atoms with Gasteiger partial charge in [0.15, 0.2) is 11.5 Å². The first-order chi connectivity index (χ1) is 12.2. The predicted molar refractivity (Wildman–Crippen MR) is 91.9 cm³/mol. The molecule has 0 aromatic heterocycles. The van der Waals surface area contributed by atoms with Crippen molar-refractivity contribution in [1.82, 2.24) is 4.90 Å². The minimum Gasteiger partial charge on any atom is -0.486 e. The maximum absolute atomic E-state index is 12.3. The number of hydrogen-bond donors (Lipinski definition) is 1. The Labute approximate surface area is 147 Å². The van der Waals surface area contributed by atoms with E-state index in [0.29, 0.717) is 43.6 Å². The van der Waals surface area contributed by atoms with Crippen molar-refractivity contribution in [3.05, 3.63) is 18.2 Å². The van der Waals surface area contributed by atoms with Crippen LogP contribution in [0.2, 0.25) is 0 Å². The normalized spacial score (nSPS) is 17.8. The van der Waals surface area contributed by atoms with E-state index in [1.54, 1.807) is 18.2 Å². The Hall–Kier alpha value is -2.28. The highest BCUT2D eigenvalue weighted by Crippen LogP contribution is 2.32. The molecule has 136 valence electrons. The van der Waals surface area contributed by atoms with Gasteiger partial charge in [-0.3, -0.25) is 14.5 Å². The number of benzene rings is 1. The predicted octanol–water partition coefficient (Wildman–Crippen LogP) is 1.67. The van der Waals surface area contributed by atoms with Crippen LogP contribution in [0.1, 0.15) is 19.8 Å².